The lowest BCUT2D eigenvalue weighted by Gasteiger charge is -2.26. The summed E-state index contributed by atoms with van der Waals surface area (Å²) in [6.07, 6.45) is 4.43. The molecule has 0 heterocycles. The van der Waals surface area contributed by atoms with Crippen molar-refractivity contribution in [2.75, 3.05) is 7.05 Å². The van der Waals surface area contributed by atoms with E-state index in [1.54, 1.807) is 7.05 Å². The average molecular weight is 188 g/mol. The van der Waals surface area contributed by atoms with Gasteiger partial charge in [0.15, 0.2) is 0 Å². The van der Waals surface area contributed by atoms with Gasteiger partial charge in [-0.05, 0) is 19.3 Å². The van der Waals surface area contributed by atoms with Gasteiger partial charge in [-0.25, -0.2) is 4.79 Å². The summed E-state index contributed by atoms with van der Waals surface area (Å²) in [6, 6.07) is 0.239. The smallest absolute Gasteiger partial charge is 0.314 e. The topological polar surface area (TPSA) is 41.1 Å². The molecule has 2 N–H and O–H groups in total. The van der Waals surface area contributed by atoms with Crippen LogP contribution in [0.15, 0.2) is 0 Å². The van der Waals surface area contributed by atoms with Gasteiger partial charge in [-0.2, -0.15) is 12.6 Å². The lowest BCUT2D eigenvalue weighted by atomic mass is 9.95. The molecular weight excluding hydrogens is 172 g/mol. The van der Waals surface area contributed by atoms with Crippen LogP contribution >= 0.6 is 12.6 Å². The highest BCUT2D eigenvalue weighted by Crippen LogP contribution is 2.22. The first kappa shape index (κ1) is 9.71. The van der Waals surface area contributed by atoms with Gasteiger partial charge in [0.2, 0.25) is 0 Å². The second-order valence-electron chi connectivity index (χ2n) is 3.24. The fourth-order valence-electron chi connectivity index (χ4n) is 1.55. The van der Waals surface area contributed by atoms with Crippen molar-refractivity contribution in [1.82, 2.24) is 10.6 Å². The molecule has 0 spiro atoms. The van der Waals surface area contributed by atoms with Crippen LogP contribution < -0.4 is 10.6 Å². The maximum absolute atomic E-state index is 10.9. The molecule has 0 unspecified atom stereocenters. The SMILES string of the molecule is CNC(=O)N[C@@H]1CCC[C@H](S)C1. The zero-order valence-corrected chi connectivity index (χ0v) is 8.23. The van der Waals surface area contributed by atoms with E-state index in [0.717, 1.165) is 12.8 Å². The van der Waals surface area contributed by atoms with Gasteiger partial charge in [-0.3, -0.25) is 0 Å². The standard InChI is InChI=1S/C8H16N2OS/c1-9-8(11)10-6-3-2-4-7(12)5-6/h6-7,12H,2-5H2,1H3,(H2,9,10,11)/t6-,7+/m1/s1. The monoisotopic (exact) mass is 188 g/mol. The number of nitrogens with one attached hydrogen (secondary N) is 2. The number of amides is 2. The van der Waals surface area contributed by atoms with Crippen LogP contribution in [0.2, 0.25) is 0 Å². The molecule has 0 bridgehead atoms. The molecule has 2 amide bonds. The molecule has 12 heavy (non-hydrogen) atoms. The Labute approximate surface area is 78.7 Å². The molecule has 2 atom stereocenters. The molecule has 0 saturated heterocycles. The minimum absolute atomic E-state index is 0.0811. The number of carbonyl (C=O) groups is 1. The Morgan fingerprint density at radius 1 is 1.50 bits per heavy atom. The molecule has 4 heteroatoms. The van der Waals surface area contributed by atoms with E-state index in [1.165, 1.54) is 12.8 Å². The summed E-state index contributed by atoms with van der Waals surface area (Å²) in [5.41, 5.74) is 0. The Balaban J connectivity index is 2.27. The van der Waals surface area contributed by atoms with Crippen molar-refractivity contribution in [1.29, 1.82) is 0 Å². The van der Waals surface area contributed by atoms with Gasteiger partial charge in [0.05, 0.1) is 0 Å². The van der Waals surface area contributed by atoms with Crippen LogP contribution in [-0.2, 0) is 0 Å². The van der Waals surface area contributed by atoms with Crippen molar-refractivity contribution < 1.29 is 4.79 Å². The molecule has 0 aromatic carbocycles. The summed E-state index contributed by atoms with van der Waals surface area (Å²) in [5.74, 6) is 0. The van der Waals surface area contributed by atoms with E-state index in [-0.39, 0.29) is 6.03 Å². The van der Waals surface area contributed by atoms with Gasteiger partial charge in [0.25, 0.3) is 0 Å². The predicted molar refractivity (Wildman–Crippen MR) is 52.6 cm³/mol. The van der Waals surface area contributed by atoms with Crippen LogP contribution in [-0.4, -0.2) is 24.4 Å². The number of thiol groups is 1. The lowest BCUT2D eigenvalue weighted by Crippen LogP contribution is -2.43. The highest BCUT2D eigenvalue weighted by molar-refractivity contribution is 7.80. The van der Waals surface area contributed by atoms with Crippen molar-refractivity contribution in [3.8, 4) is 0 Å². The van der Waals surface area contributed by atoms with Gasteiger partial charge in [0.1, 0.15) is 0 Å². The first-order valence-corrected chi connectivity index (χ1v) is 4.90. The Hall–Kier alpha value is -0.380. The molecule has 0 aromatic rings. The number of carbonyl (C=O) groups excluding carboxylic acids is 1. The van der Waals surface area contributed by atoms with E-state index >= 15 is 0 Å². The fourth-order valence-corrected chi connectivity index (χ4v) is 1.99. The molecule has 1 aliphatic rings. The second kappa shape index (κ2) is 4.60. The van der Waals surface area contributed by atoms with Crippen molar-refractivity contribution in [3.63, 3.8) is 0 Å². The third-order valence-corrected chi connectivity index (χ3v) is 2.68. The zero-order valence-electron chi connectivity index (χ0n) is 7.34. The van der Waals surface area contributed by atoms with E-state index in [1.807, 2.05) is 0 Å². The molecule has 0 aliphatic heterocycles. The molecule has 1 aliphatic carbocycles. The fraction of sp³-hybridized carbons (Fsp3) is 0.875. The lowest BCUT2D eigenvalue weighted by molar-refractivity contribution is 0.235. The third-order valence-electron chi connectivity index (χ3n) is 2.21. The van der Waals surface area contributed by atoms with E-state index in [0.29, 0.717) is 11.3 Å². The van der Waals surface area contributed by atoms with Crippen molar-refractivity contribution in [2.45, 2.75) is 37.0 Å². The Morgan fingerprint density at radius 3 is 2.83 bits per heavy atom. The Morgan fingerprint density at radius 2 is 2.25 bits per heavy atom. The average Bonchev–Trinajstić information content (AvgIpc) is 2.04. The summed E-state index contributed by atoms with van der Waals surface area (Å²) < 4.78 is 0. The Kier molecular flexibility index (Phi) is 3.72. The summed E-state index contributed by atoms with van der Waals surface area (Å²) in [6.45, 7) is 0. The summed E-state index contributed by atoms with van der Waals surface area (Å²) in [7, 11) is 1.64. The number of urea groups is 1. The number of rotatable bonds is 1. The number of hydrogen-bond donors (Lipinski definition) is 3. The van der Waals surface area contributed by atoms with Crippen molar-refractivity contribution in [3.05, 3.63) is 0 Å². The van der Waals surface area contributed by atoms with Gasteiger partial charge in [0, 0.05) is 18.3 Å². The van der Waals surface area contributed by atoms with E-state index < -0.39 is 0 Å². The summed E-state index contributed by atoms with van der Waals surface area (Å²) >= 11 is 4.40. The van der Waals surface area contributed by atoms with Crippen LogP contribution in [0.1, 0.15) is 25.7 Å². The minimum atomic E-state index is -0.0811. The van der Waals surface area contributed by atoms with E-state index in [9.17, 15) is 4.79 Å². The highest BCUT2D eigenvalue weighted by Gasteiger charge is 2.20. The van der Waals surface area contributed by atoms with Gasteiger partial charge in [-0.1, -0.05) is 6.42 Å². The first-order chi connectivity index (χ1) is 5.72. The van der Waals surface area contributed by atoms with Gasteiger partial charge < -0.3 is 10.6 Å². The quantitative estimate of drug-likeness (QED) is 0.531. The molecule has 0 radical (unpaired) electrons. The van der Waals surface area contributed by atoms with Gasteiger partial charge >= 0.3 is 6.03 Å². The second-order valence-corrected chi connectivity index (χ2v) is 3.97. The predicted octanol–water partition coefficient (Wildman–Crippen LogP) is 1.16. The van der Waals surface area contributed by atoms with Crippen LogP contribution in [0, 0.1) is 0 Å². The van der Waals surface area contributed by atoms with Crippen LogP contribution in [0.4, 0.5) is 4.79 Å². The third kappa shape index (κ3) is 2.93. The van der Waals surface area contributed by atoms with Crippen LogP contribution in [0.3, 0.4) is 0 Å². The maximum atomic E-state index is 10.9. The molecule has 1 rings (SSSR count). The summed E-state index contributed by atoms with van der Waals surface area (Å²) in [4.78, 5) is 10.9. The van der Waals surface area contributed by atoms with Crippen molar-refractivity contribution in [2.24, 2.45) is 0 Å². The molecular formula is C8H16N2OS. The van der Waals surface area contributed by atoms with Crippen LogP contribution in [0.25, 0.3) is 0 Å². The molecule has 1 saturated carbocycles. The van der Waals surface area contributed by atoms with E-state index in [2.05, 4.69) is 23.3 Å². The molecule has 3 nitrogen and oxygen atoms in total. The normalized spacial score (nSPS) is 29.5. The molecule has 70 valence electrons. The number of hydrogen-bond acceptors (Lipinski definition) is 2. The van der Waals surface area contributed by atoms with Crippen molar-refractivity contribution >= 4 is 18.7 Å². The largest absolute Gasteiger partial charge is 0.341 e. The first-order valence-electron chi connectivity index (χ1n) is 4.38. The highest BCUT2D eigenvalue weighted by atomic mass is 32.1. The summed E-state index contributed by atoms with van der Waals surface area (Å²) in [5, 5.41) is 5.91. The Bertz CT molecular complexity index is 163. The van der Waals surface area contributed by atoms with Crippen LogP contribution in [0.5, 0.6) is 0 Å². The van der Waals surface area contributed by atoms with Gasteiger partial charge in [-0.15, -0.1) is 0 Å². The van der Waals surface area contributed by atoms with E-state index in [4.69, 9.17) is 0 Å². The molecule has 1 fully saturated rings. The zero-order chi connectivity index (χ0) is 8.97. The maximum Gasteiger partial charge on any atom is 0.314 e. The minimum Gasteiger partial charge on any atom is -0.341 e. The molecule has 0 aromatic heterocycles.